The monoisotopic (exact) mass is 297 g/mol. The zero-order chi connectivity index (χ0) is 15.9. The van der Waals surface area contributed by atoms with Gasteiger partial charge in [0.25, 0.3) is 0 Å². The fourth-order valence-electron chi connectivity index (χ4n) is 1.33. The number of allylic oxidation sites excluding steroid dienone is 1. The van der Waals surface area contributed by atoms with Crippen molar-refractivity contribution in [2.45, 2.75) is 33.0 Å². The van der Waals surface area contributed by atoms with Crippen molar-refractivity contribution in [3.05, 3.63) is 11.8 Å². The van der Waals surface area contributed by atoms with Crippen LogP contribution in [0, 0.1) is 5.92 Å². The van der Waals surface area contributed by atoms with E-state index < -0.39 is 29.9 Å². The summed E-state index contributed by atoms with van der Waals surface area (Å²) in [5.41, 5.74) is -0.841. The van der Waals surface area contributed by atoms with Crippen LogP contribution in [0.4, 0.5) is 13.2 Å². The Hall–Kier alpha value is -1.73. The molecule has 8 heteroatoms. The predicted molar refractivity (Wildman–Crippen MR) is 64.5 cm³/mol. The normalized spacial score (nSPS) is 13.9. The van der Waals surface area contributed by atoms with Crippen LogP contribution in [0.2, 0.25) is 0 Å². The number of esters is 2. The SMILES string of the molecule is CCOC(=O)[C@H](N/C(=C\C(F)(F)F)C(=O)OC)C(C)C. The first-order valence-electron chi connectivity index (χ1n) is 5.93. The largest absolute Gasteiger partial charge is 0.464 e. The van der Waals surface area contributed by atoms with Gasteiger partial charge in [0, 0.05) is 6.08 Å². The van der Waals surface area contributed by atoms with Crippen LogP contribution in [0.5, 0.6) is 0 Å². The lowest BCUT2D eigenvalue weighted by atomic mass is 10.0. The molecule has 0 aromatic carbocycles. The lowest BCUT2D eigenvalue weighted by Crippen LogP contribution is -2.43. The maximum absolute atomic E-state index is 12.4. The third kappa shape index (κ3) is 6.44. The van der Waals surface area contributed by atoms with Crippen molar-refractivity contribution in [2.24, 2.45) is 5.92 Å². The second kappa shape index (κ2) is 7.76. The number of alkyl halides is 3. The van der Waals surface area contributed by atoms with E-state index in [9.17, 15) is 22.8 Å². The summed E-state index contributed by atoms with van der Waals surface area (Å²) in [6.45, 7) is 4.87. The van der Waals surface area contributed by atoms with Crippen LogP contribution in [0.15, 0.2) is 11.8 Å². The molecule has 0 aromatic rings. The molecule has 0 radical (unpaired) electrons. The summed E-state index contributed by atoms with van der Waals surface area (Å²) in [5, 5.41) is 2.24. The quantitative estimate of drug-likeness (QED) is 0.598. The van der Waals surface area contributed by atoms with Crippen LogP contribution in [0.1, 0.15) is 20.8 Å². The lowest BCUT2D eigenvalue weighted by Gasteiger charge is -2.22. The summed E-state index contributed by atoms with van der Waals surface area (Å²) in [5.74, 6) is -2.33. The van der Waals surface area contributed by atoms with Gasteiger partial charge >= 0.3 is 18.1 Å². The third-order valence-electron chi connectivity index (χ3n) is 2.23. The summed E-state index contributed by atoms with van der Waals surface area (Å²) >= 11 is 0. The Morgan fingerprint density at radius 2 is 1.85 bits per heavy atom. The van der Waals surface area contributed by atoms with Gasteiger partial charge in [0.05, 0.1) is 13.7 Å². The number of hydrogen-bond acceptors (Lipinski definition) is 5. The highest BCUT2D eigenvalue weighted by Crippen LogP contribution is 2.19. The number of ether oxygens (including phenoxy) is 2. The average Bonchev–Trinajstić information content (AvgIpc) is 2.31. The van der Waals surface area contributed by atoms with Crippen molar-refractivity contribution in [1.82, 2.24) is 5.32 Å². The van der Waals surface area contributed by atoms with Gasteiger partial charge in [0.15, 0.2) is 0 Å². The Kier molecular flexibility index (Phi) is 7.09. The Morgan fingerprint density at radius 1 is 1.30 bits per heavy atom. The van der Waals surface area contributed by atoms with E-state index in [1.54, 1.807) is 20.8 Å². The van der Waals surface area contributed by atoms with Gasteiger partial charge in [-0.3, -0.25) is 0 Å². The fraction of sp³-hybridized carbons (Fsp3) is 0.667. The van der Waals surface area contributed by atoms with Gasteiger partial charge < -0.3 is 14.8 Å². The number of hydrogen-bond donors (Lipinski definition) is 1. The molecular formula is C12H18F3NO4. The molecule has 20 heavy (non-hydrogen) atoms. The third-order valence-corrected chi connectivity index (χ3v) is 2.23. The molecule has 0 aliphatic carbocycles. The summed E-state index contributed by atoms with van der Waals surface area (Å²) in [6.07, 6.45) is -4.96. The highest BCUT2D eigenvalue weighted by Gasteiger charge is 2.31. The second-order valence-electron chi connectivity index (χ2n) is 4.21. The number of methoxy groups -OCH3 is 1. The van der Waals surface area contributed by atoms with E-state index in [1.807, 2.05) is 0 Å². The van der Waals surface area contributed by atoms with Crippen molar-refractivity contribution in [3.63, 3.8) is 0 Å². The maximum Gasteiger partial charge on any atom is 0.411 e. The van der Waals surface area contributed by atoms with Crippen molar-refractivity contribution in [2.75, 3.05) is 13.7 Å². The molecule has 0 heterocycles. The van der Waals surface area contributed by atoms with Gasteiger partial charge in [-0.2, -0.15) is 13.2 Å². The van der Waals surface area contributed by atoms with Crippen molar-refractivity contribution < 1.29 is 32.2 Å². The smallest absolute Gasteiger partial charge is 0.411 e. The van der Waals surface area contributed by atoms with E-state index >= 15 is 0 Å². The van der Waals surface area contributed by atoms with E-state index in [4.69, 9.17) is 4.74 Å². The molecule has 0 aliphatic heterocycles. The zero-order valence-electron chi connectivity index (χ0n) is 11.7. The maximum atomic E-state index is 12.4. The molecule has 0 amide bonds. The summed E-state index contributed by atoms with van der Waals surface area (Å²) in [4.78, 5) is 23.0. The van der Waals surface area contributed by atoms with Crippen molar-refractivity contribution >= 4 is 11.9 Å². The molecule has 5 nitrogen and oxygen atoms in total. The fourth-order valence-corrected chi connectivity index (χ4v) is 1.33. The molecule has 0 saturated carbocycles. The van der Waals surface area contributed by atoms with E-state index in [0.29, 0.717) is 0 Å². The molecule has 0 aliphatic rings. The van der Waals surface area contributed by atoms with Gasteiger partial charge in [0.1, 0.15) is 11.7 Å². The minimum absolute atomic E-state index is 0.0836. The van der Waals surface area contributed by atoms with Gasteiger partial charge in [-0.15, -0.1) is 0 Å². The summed E-state index contributed by atoms with van der Waals surface area (Å²) < 4.78 is 46.1. The van der Waals surface area contributed by atoms with E-state index in [0.717, 1.165) is 7.11 Å². The molecule has 0 bridgehead atoms. The lowest BCUT2D eigenvalue weighted by molar-refractivity contribution is -0.147. The Bertz CT molecular complexity index is 377. The predicted octanol–water partition coefficient (Wildman–Crippen LogP) is 1.78. The molecular weight excluding hydrogens is 279 g/mol. The molecule has 116 valence electrons. The number of carbonyl (C=O) groups is 2. The van der Waals surface area contributed by atoms with Crippen molar-refractivity contribution in [1.29, 1.82) is 0 Å². The second-order valence-corrected chi connectivity index (χ2v) is 4.21. The van der Waals surface area contributed by atoms with Crippen LogP contribution in [0.3, 0.4) is 0 Å². The van der Waals surface area contributed by atoms with Gasteiger partial charge in [-0.05, 0) is 12.8 Å². The van der Waals surface area contributed by atoms with Crippen LogP contribution in [0.25, 0.3) is 0 Å². The van der Waals surface area contributed by atoms with Gasteiger partial charge in [0.2, 0.25) is 0 Å². The van der Waals surface area contributed by atoms with E-state index in [1.165, 1.54) is 0 Å². The Morgan fingerprint density at radius 3 is 2.20 bits per heavy atom. The molecule has 0 aromatic heterocycles. The zero-order valence-corrected chi connectivity index (χ0v) is 11.7. The molecule has 0 fully saturated rings. The highest BCUT2D eigenvalue weighted by molar-refractivity contribution is 5.89. The number of rotatable bonds is 6. The Labute approximate surface area is 115 Å². The number of carbonyl (C=O) groups excluding carboxylic acids is 2. The molecule has 0 spiro atoms. The van der Waals surface area contributed by atoms with Gasteiger partial charge in [-0.25, -0.2) is 9.59 Å². The first kappa shape index (κ1) is 18.3. The highest BCUT2D eigenvalue weighted by atomic mass is 19.4. The topological polar surface area (TPSA) is 64.6 Å². The standard InChI is InChI=1S/C12H18F3NO4/c1-5-20-11(18)9(7(2)3)16-8(10(17)19-4)6-12(13,14)15/h6-7,9,16H,5H2,1-4H3/b8-6-/t9-/m1/s1. The summed E-state index contributed by atoms with van der Waals surface area (Å²) in [7, 11) is 0.947. The van der Waals surface area contributed by atoms with E-state index in [2.05, 4.69) is 10.1 Å². The van der Waals surface area contributed by atoms with Crippen LogP contribution in [-0.2, 0) is 19.1 Å². The first-order chi connectivity index (χ1) is 9.12. The molecule has 1 atom stereocenters. The van der Waals surface area contributed by atoms with E-state index in [-0.39, 0.29) is 18.6 Å². The molecule has 0 rings (SSSR count). The van der Waals surface area contributed by atoms with Crippen molar-refractivity contribution in [3.8, 4) is 0 Å². The molecule has 1 N–H and O–H groups in total. The average molecular weight is 297 g/mol. The molecule has 0 unspecified atom stereocenters. The number of nitrogens with one attached hydrogen (secondary N) is 1. The molecule has 0 saturated heterocycles. The number of halogens is 3. The van der Waals surface area contributed by atoms with Crippen LogP contribution in [-0.4, -0.2) is 37.9 Å². The Balaban J connectivity index is 5.25. The minimum atomic E-state index is -4.72. The van der Waals surface area contributed by atoms with Crippen LogP contribution < -0.4 is 5.32 Å². The minimum Gasteiger partial charge on any atom is -0.464 e. The van der Waals surface area contributed by atoms with Crippen LogP contribution >= 0.6 is 0 Å². The van der Waals surface area contributed by atoms with Gasteiger partial charge in [-0.1, -0.05) is 13.8 Å². The summed E-state index contributed by atoms with van der Waals surface area (Å²) in [6, 6.07) is -1.08. The first-order valence-corrected chi connectivity index (χ1v) is 5.93.